The molecule has 0 aliphatic heterocycles. The molecule has 0 radical (unpaired) electrons. The van der Waals surface area contributed by atoms with Gasteiger partial charge in [-0.3, -0.25) is 0 Å². The summed E-state index contributed by atoms with van der Waals surface area (Å²) in [6.45, 7) is -0.415. The van der Waals surface area contributed by atoms with Gasteiger partial charge in [-0.25, -0.2) is 4.79 Å². The Labute approximate surface area is 161 Å². The zero-order valence-electron chi connectivity index (χ0n) is 14.6. The van der Waals surface area contributed by atoms with Gasteiger partial charge in [-0.1, -0.05) is 36.1 Å². The Morgan fingerprint density at radius 1 is 0.966 bits per heavy atom. The molecule has 2 aromatic rings. The minimum Gasteiger partial charge on any atom is -0.405 e. The lowest BCUT2D eigenvalue weighted by atomic mass is 10.1. The number of nitrogens with one attached hydrogen (secondary N) is 2. The average molecular weight is 416 g/mol. The van der Waals surface area contributed by atoms with Crippen LogP contribution in [-0.2, 0) is 12.7 Å². The summed E-state index contributed by atoms with van der Waals surface area (Å²) in [5.41, 5.74) is -0.606. The Hall–Kier alpha value is -3.35. The highest BCUT2D eigenvalue weighted by Crippen LogP contribution is 2.29. The fourth-order valence-electron chi connectivity index (χ4n) is 2.16. The number of carbonyl (C=O) groups is 1. The summed E-state index contributed by atoms with van der Waals surface area (Å²) in [6, 6.07) is 8.99. The third-order valence-electron chi connectivity index (χ3n) is 3.40. The van der Waals surface area contributed by atoms with Crippen molar-refractivity contribution in [3.63, 3.8) is 0 Å². The third-order valence-corrected chi connectivity index (χ3v) is 3.40. The number of halogens is 6. The van der Waals surface area contributed by atoms with Gasteiger partial charge >= 0.3 is 18.6 Å². The molecule has 2 rings (SSSR count). The van der Waals surface area contributed by atoms with Crippen LogP contribution in [0.5, 0.6) is 5.75 Å². The maximum Gasteiger partial charge on any atom is 0.573 e. The van der Waals surface area contributed by atoms with Gasteiger partial charge in [0.2, 0.25) is 0 Å². The van der Waals surface area contributed by atoms with Gasteiger partial charge in [0.1, 0.15) is 5.75 Å². The van der Waals surface area contributed by atoms with Crippen LogP contribution in [0.1, 0.15) is 16.7 Å². The first kappa shape index (κ1) is 21.9. The van der Waals surface area contributed by atoms with E-state index in [9.17, 15) is 31.1 Å². The number of ether oxygens (including phenoxy) is 1. The summed E-state index contributed by atoms with van der Waals surface area (Å²) in [7, 11) is 0. The van der Waals surface area contributed by atoms with Crippen LogP contribution in [0.25, 0.3) is 0 Å². The van der Waals surface area contributed by atoms with Crippen LogP contribution in [0.4, 0.5) is 31.1 Å². The predicted octanol–water partition coefficient (Wildman–Crippen LogP) is 4.45. The van der Waals surface area contributed by atoms with E-state index >= 15 is 0 Å². The second kappa shape index (κ2) is 9.23. The summed E-state index contributed by atoms with van der Waals surface area (Å²) in [4.78, 5) is 11.7. The highest BCUT2D eigenvalue weighted by molar-refractivity contribution is 5.74. The maximum absolute atomic E-state index is 12.6. The summed E-state index contributed by atoms with van der Waals surface area (Å²) < 4.78 is 78.8. The number of alkyl halides is 6. The van der Waals surface area contributed by atoms with E-state index in [1.165, 1.54) is 30.3 Å². The second-order valence-electron chi connectivity index (χ2n) is 5.57. The number of amides is 2. The van der Waals surface area contributed by atoms with Gasteiger partial charge < -0.3 is 15.4 Å². The molecule has 0 spiro atoms. The van der Waals surface area contributed by atoms with Crippen molar-refractivity contribution in [2.75, 3.05) is 6.54 Å². The predicted molar refractivity (Wildman–Crippen MR) is 91.7 cm³/mol. The number of para-hydroxylation sites is 1. The Morgan fingerprint density at radius 3 is 2.38 bits per heavy atom. The van der Waals surface area contributed by atoms with Gasteiger partial charge in [0.15, 0.2) is 0 Å². The first-order valence-corrected chi connectivity index (χ1v) is 8.06. The number of rotatable bonds is 4. The van der Waals surface area contributed by atoms with E-state index < -0.39 is 29.9 Å². The maximum atomic E-state index is 12.6. The molecule has 10 heteroatoms. The Balaban J connectivity index is 1.86. The van der Waals surface area contributed by atoms with Crippen LogP contribution >= 0.6 is 0 Å². The van der Waals surface area contributed by atoms with E-state index in [-0.39, 0.29) is 24.2 Å². The van der Waals surface area contributed by atoms with Crippen molar-refractivity contribution in [2.45, 2.75) is 19.1 Å². The van der Waals surface area contributed by atoms with Crippen molar-refractivity contribution in [3.8, 4) is 17.6 Å². The SMILES string of the molecule is O=C(NCC#Cc1cccc(C(F)(F)F)c1)NCc1ccccc1OC(F)(F)F. The molecule has 154 valence electrons. The molecule has 0 aliphatic rings. The van der Waals surface area contributed by atoms with Gasteiger partial charge in [0.25, 0.3) is 0 Å². The highest BCUT2D eigenvalue weighted by Gasteiger charge is 2.32. The smallest absolute Gasteiger partial charge is 0.405 e. The first-order valence-electron chi connectivity index (χ1n) is 8.06. The van der Waals surface area contributed by atoms with E-state index in [2.05, 4.69) is 27.2 Å². The molecule has 0 bridgehead atoms. The molecule has 4 nitrogen and oxygen atoms in total. The molecule has 0 aromatic heterocycles. The molecule has 0 saturated heterocycles. The minimum atomic E-state index is -4.86. The zero-order chi connectivity index (χ0) is 21.5. The molecule has 2 aromatic carbocycles. The largest absolute Gasteiger partial charge is 0.573 e. The van der Waals surface area contributed by atoms with Crippen molar-refractivity contribution in [1.82, 2.24) is 10.6 Å². The average Bonchev–Trinajstić information content (AvgIpc) is 2.63. The summed E-state index contributed by atoms with van der Waals surface area (Å²) >= 11 is 0. The lowest BCUT2D eigenvalue weighted by Crippen LogP contribution is -2.35. The quantitative estimate of drug-likeness (QED) is 0.572. The Kier molecular flexibility index (Phi) is 6.98. The monoisotopic (exact) mass is 416 g/mol. The number of hydrogen-bond donors (Lipinski definition) is 2. The van der Waals surface area contributed by atoms with Crippen molar-refractivity contribution in [2.24, 2.45) is 0 Å². The zero-order valence-corrected chi connectivity index (χ0v) is 14.6. The van der Waals surface area contributed by atoms with Crippen LogP contribution in [0.2, 0.25) is 0 Å². The molecular formula is C19H14F6N2O2. The molecule has 2 N–H and O–H groups in total. The lowest BCUT2D eigenvalue weighted by molar-refractivity contribution is -0.274. The molecule has 2 amide bonds. The molecule has 0 atom stereocenters. The number of urea groups is 1. The number of benzene rings is 2. The van der Waals surface area contributed by atoms with E-state index in [4.69, 9.17) is 0 Å². The fraction of sp³-hybridized carbons (Fsp3) is 0.211. The lowest BCUT2D eigenvalue weighted by Gasteiger charge is -2.13. The second-order valence-corrected chi connectivity index (χ2v) is 5.57. The van der Waals surface area contributed by atoms with Crippen molar-refractivity contribution < 1.29 is 35.9 Å². The van der Waals surface area contributed by atoms with Gasteiger partial charge in [-0.15, -0.1) is 13.2 Å². The van der Waals surface area contributed by atoms with Gasteiger partial charge in [-0.05, 0) is 24.3 Å². The van der Waals surface area contributed by atoms with Crippen LogP contribution in [-0.4, -0.2) is 18.9 Å². The summed E-state index contributed by atoms with van der Waals surface area (Å²) in [6.07, 6.45) is -9.35. The topological polar surface area (TPSA) is 50.4 Å². The molecule has 0 saturated carbocycles. The van der Waals surface area contributed by atoms with Gasteiger partial charge in [0.05, 0.1) is 12.1 Å². The number of carbonyl (C=O) groups excluding carboxylic acids is 1. The molecule has 0 aliphatic carbocycles. The van der Waals surface area contributed by atoms with E-state index in [0.29, 0.717) is 0 Å². The minimum absolute atomic E-state index is 0.107. The van der Waals surface area contributed by atoms with E-state index in [1.54, 1.807) is 0 Å². The normalized spacial score (nSPS) is 11.2. The standard InChI is InChI=1S/C19H14F6N2O2/c20-18(21,22)15-8-3-5-13(11-15)6-4-10-26-17(28)27-12-14-7-1-2-9-16(14)29-19(23,24)25/h1-3,5,7-9,11H,10,12H2,(H2,26,27,28). The Bertz CT molecular complexity index is 913. The Morgan fingerprint density at radius 2 is 1.69 bits per heavy atom. The van der Waals surface area contributed by atoms with Crippen LogP contribution in [0, 0.1) is 11.8 Å². The first-order chi connectivity index (χ1) is 13.5. The van der Waals surface area contributed by atoms with E-state index in [1.807, 2.05) is 0 Å². The molecule has 0 fully saturated rings. The van der Waals surface area contributed by atoms with Crippen LogP contribution in [0.15, 0.2) is 48.5 Å². The fourth-order valence-corrected chi connectivity index (χ4v) is 2.16. The van der Waals surface area contributed by atoms with Gasteiger partial charge in [0, 0.05) is 17.7 Å². The summed E-state index contributed by atoms with van der Waals surface area (Å²) in [5.74, 6) is 4.53. The summed E-state index contributed by atoms with van der Waals surface area (Å²) in [5, 5.41) is 4.67. The molecule has 0 unspecified atom stereocenters. The van der Waals surface area contributed by atoms with Gasteiger partial charge in [-0.2, -0.15) is 13.2 Å². The molecular weight excluding hydrogens is 402 g/mol. The highest BCUT2D eigenvalue weighted by atomic mass is 19.4. The van der Waals surface area contributed by atoms with Crippen molar-refractivity contribution in [1.29, 1.82) is 0 Å². The van der Waals surface area contributed by atoms with Crippen molar-refractivity contribution >= 4 is 6.03 Å². The van der Waals surface area contributed by atoms with Crippen LogP contribution < -0.4 is 15.4 Å². The molecule has 29 heavy (non-hydrogen) atoms. The number of hydrogen-bond acceptors (Lipinski definition) is 2. The third kappa shape index (κ3) is 7.65. The van der Waals surface area contributed by atoms with Crippen molar-refractivity contribution in [3.05, 3.63) is 65.2 Å². The van der Waals surface area contributed by atoms with E-state index in [0.717, 1.165) is 18.2 Å². The molecule has 0 heterocycles. The van der Waals surface area contributed by atoms with Crippen LogP contribution in [0.3, 0.4) is 0 Å².